The molecule has 2 amide bonds. The maximum Gasteiger partial charge on any atom is 0.223 e. The first kappa shape index (κ1) is 21.9. The topological polar surface area (TPSA) is 84.9 Å². The van der Waals surface area contributed by atoms with E-state index in [1.54, 1.807) is 55.6 Å². The number of carbonyl (C=O) groups excluding carboxylic acids is 3. The quantitative estimate of drug-likeness (QED) is 0.491. The zero-order valence-electron chi connectivity index (χ0n) is 16.9. The second-order valence-corrected chi connectivity index (χ2v) is 6.40. The molecule has 0 unspecified atom stereocenters. The van der Waals surface area contributed by atoms with Gasteiger partial charge in [-0.15, -0.1) is 0 Å². The van der Waals surface area contributed by atoms with Gasteiger partial charge in [0.05, 0.1) is 13.7 Å². The highest BCUT2D eigenvalue weighted by molar-refractivity contribution is 5.96. The summed E-state index contributed by atoms with van der Waals surface area (Å²) >= 11 is 0. The van der Waals surface area contributed by atoms with Crippen LogP contribution >= 0.6 is 0 Å². The van der Waals surface area contributed by atoms with Gasteiger partial charge in [0.15, 0.2) is 5.78 Å². The molecule has 2 aromatic rings. The highest BCUT2D eigenvalue weighted by atomic mass is 16.5. The summed E-state index contributed by atoms with van der Waals surface area (Å²) in [5, 5.41) is 2.77. The van der Waals surface area contributed by atoms with Crippen LogP contribution in [0.1, 0.15) is 30.6 Å². The summed E-state index contributed by atoms with van der Waals surface area (Å²) in [5.74, 6) is 1.06. The van der Waals surface area contributed by atoms with Crippen LogP contribution < -0.4 is 19.7 Å². The zero-order chi connectivity index (χ0) is 21.2. The lowest BCUT2D eigenvalue weighted by atomic mass is 10.1. The van der Waals surface area contributed by atoms with Gasteiger partial charge >= 0.3 is 0 Å². The molecule has 0 bridgehead atoms. The Bertz CT molecular complexity index is 831. The Morgan fingerprint density at radius 2 is 1.55 bits per heavy atom. The molecule has 0 heterocycles. The van der Waals surface area contributed by atoms with Crippen LogP contribution in [0.4, 0.5) is 5.69 Å². The van der Waals surface area contributed by atoms with Crippen LogP contribution in [0.3, 0.4) is 0 Å². The summed E-state index contributed by atoms with van der Waals surface area (Å²) in [4.78, 5) is 36.9. The molecule has 2 rings (SSSR count). The minimum absolute atomic E-state index is 0.0397. The van der Waals surface area contributed by atoms with Crippen LogP contribution in [-0.4, -0.2) is 44.4 Å². The lowest BCUT2D eigenvalue weighted by molar-refractivity contribution is -0.121. The number of nitrogens with zero attached hydrogens (tertiary/aromatic N) is 1. The van der Waals surface area contributed by atoms with Gasteiger partial charge in [0.25, 0.3) is 0 Å². The molecule has 0 radical (unpaired) electrons. The third-order valence-electron chi connectivity index (χ3n) is 4.28. The van der Waals surface area contributed by atoms with Crippen LogP contribution in [0.15, 0.2) is 48.5 Å². The molecule has 0 spiro atoms. The molecule has 154 valence electrons. The fourth-order valence-corrected chi connectivity index (χ4v) is 2.68. The smallest absolute Gasteiger partial charge is 0.223 e. The van der Waals surface area contributed by atoms with Gasteiger partial charge in [-0.2, -0.15) is 0 Å². The van der Waals surface area contributed by atoms with Crippen molar-refractivity contribution in [3.05, 3.63) is 54.1 Å². The maximum absolute atomic E-state index is 12.1. The van der Waals surface area contributed by atoms with Crippen LogP contribution in [0.2, 0.25) is 0 Å². The number of hydrogen-bond acceptors (Lipinski definition) is 5. The third kappa shape index (κ3) is 6.95. The average Bonchev–Trinajstić information content (AvgIpc) is 2.72. The molecule has 0 saturated heterocycles. The summed E-state index contributed by atoms with van der Waals surface area (Å²) in [6, 6.07) is 13.9. The van der Waals surface area contributed by atoms with Crippen LogP contribution in [0.25, 0.3) is 0 Å². The van der Waals surface area contributed by atoms with Gasteiger partial charge in [0.1, 0.15) is 18.1 Å². The number of rotatable bonds is 10. The van der Waals surface area contributed by atoms with Gasteiger partial charge < -0.3 is 19.7 Å². The molecule has 0 saturated carbocycles. The molecular formula is C22H26N2O5. The second-order valence-electron chi connectivity index (χ2n) is 6.40. The Morgan fingerprint density at radius 3 is 2.10 bits per heavy atom. The number of ketones is 1. The number of amides is 2. The number of hydrogen-bond donors (Lipinski definition) is 1. The molecule has 0 atom stereocenters. The lowest BCUT2D eigenvalue weighted by Gasteiger charge is -2.21. The van der Waals surface area contributed by atoms with E-state index in [2.05, 4.69) is 5.32 Å². The van der Waals surface area contributed by atoms with Crippen molar-refractivity contribution < 1.29 is 23.9 Å². The number of ether oxygens (including phenoxy) is 2. The zero-order valence-corrected chi connectivity index (χ0v) is 16.9. The number of anilines is 1. The first-order valence-corrected chi connectivity index (χ1v) is 9.33. The monoisotopic (exact) mass is 398 g/mol. The number of nitrogens with one attached hydrogen (secondary N) is 1. The van der Waals surface area contributed by atoms with E-state index in [9.17, 15) is 14.4 Å². The van der Waals surface area contributed by atoms with Crippen molar-refractivity contribution in [1.82, 2.24) is 5.32 Å². The first-order valence-electron chi connectivity index (χ1n) is 9.33. The summed E-state index contributed by atoms with van der Waals surface area (Å²) in [6.07, 6.45) is 0.163. The van der Waals surface area contributed by atoms with Crippen molar-refractivity contribution in [3.8, 4) is 11.5 Å². The Balaban J connectivity index is 1.76. The molecule has 1 N–H and O–H groups in total. The normalized spacial score (nSPS) is 10.2. The van der Waals surface area contributed by atoms with Gasteiger partial charge in [-0.25, -0.2) is 0 Å². The fourth-order valence-electron chi connectivity index (χ4n) is 2.68. The standard InChI is InChI=1S/C22H26N2O5/c1-16(25)18-4-6-19(7-5-18)24(17(2)26)14-12-22(27)23-13-15-29-21-10-8-20(28-3)9-11-21/h4-11H,12-15H2,1-3H3,(H,23,27). The summed E-state index contributed by atoms with van der Waals surface area (Å²) in [5.41, 5.74) is 1.23. The Morgan fingerprint density at radius 1 is 0.931 bits per heavy atom. The molecule has 2 aromatic carbocycles. The minimum atomic E-state index is -0.171. The van der Waals surface area contributed by atoms with Gasteiger partial charge in [-0.3, -0.25) is 14.4 Å². The largest absolute Gasteiger partial charge is 0.497 e. The van der Waals surface area contributed by atoms with Crippen LogP contribution in [-0.2, 0) is 9.59 Å². The van der Waals surface area contributed by atoms with E-state index in [-0.39, 0.29) is 30.6 Å². The highest BCUT2D eigenvalue weighted by Crippen LogP contribution is 2.17. The van der Waals surface area contributed by atoms with E-state index < -0.39 is 0 Å². The number of benzene rings is 2. The van der Waals surface area contributed by atoms with E-state index >= 15 is 0 Å². The van der Waals surface area contributed by atoms with E-state index in [0.717, 1.165) is 5.75 Å². The molecule has 29 heavy (non-hydrogen) atoms. The van der Waals surface area contributed by atoms with Crippen molar-refractivity contribution in [2.24, 2.45) is 0 Å². The molecule has 7 nitrogen and oxygen atoms in total. The van der Waals surface area contributed by atoms with Crippen LogP contribution in [0, 0.1) is 0 Å². The van der Waals surface area contributed by atoms with Crippen molar-refractivity contribution in [2.45, 2.75) is 20.3 Å². The van der Waals surface area contributed by atoms with Crippen molar-refractivity contribution in [3.63, 3.8) is 0 Å². The SMILES string of the molecule is COc1ccc(OCCNC(=O)CCN(C(C)=O)c2ccc(C(C)=O)cc2)cc1. The van der Waals surface area contributed by atoms with Crippen molar-refractivity contribution >= 4 is 23.3 Å². The molecule has 0 aliphatic heterocycles. The van der Waals surface area contributed by atoms with Gasteiger partial charge in [0.2, 0.25) is 11.8 Å². The average molecular weight is 398 g/mol. The number of Topliss-reactive ketones (excluding diaryl/α,β-unsaturated/α-hetero) is 1. The van der Waals surface area contributed by atoms with Gasteiger partial charge in [-0.05, 0) is 55.5 Å². The van der Waals surface area contributed by atoms with Gasteiger partial charge in [-0.1, -0.05) is 0 Å². The fraction of sp³-hybridized carbons (Fsp3) is 0.318. The predicted molar refractivity (Wildman–Crippen MR) is 111 cm³/mol. The molecule has 0 aliphatic rings. The van der Waals surface area contributed by atoms with Crippen molar-refractivity contribution in [2.75, 3.05) is 31.7 Å². The first-order chi connectivity index (χ1) is 13.9. The number of methoxy groups -OCH3 is 1. The van der Waals surface area contributed by atoms with E-state index in [4.69, 9.17) is 9.47 Å². The number of carbonyl (C=O) groups is 3. The predicted octanol–water partition coefficient (Wildman–Crippen LogP) is 2.84. The van der Waals surface area contributed by atoms with Crippen molar-refractivity contribution in [1.29, 1.82) is 0 Å². The van der Waals surface area contributed by atoms with E-state index in [1.807, 2.05) is 0 Å². The van der Waals surface area contributed by atoms with E-state index in [0.29, 0.717) is 30.2 Å². The molecule has 0 aliphatic carbocycles. The summed E-state index contributed by atoms with van der Waals surface area (Å²) < 4.78 is 10.6. The molecule has 0 aromatic heterocycles. The van der Waals surface area contributed by atoms with E-state index in [1.165, 1.54) is 18.7 Å². The Labute approximate surface area is 170 Å². The van der Waals surface area contributed by atoms with Gasteiger partial charge in [0, 0.05) is 31.1 Å². The second kappa shape index (κ2) is 10.8. The minimum Gasteiger partial charge on any atom is -0.497 e. The van der Waals surface area contributed by atoms with Crippen LogP contribution in [0.5, 0.6) is 11.5 Å². The lowest BCUT2D eigenvalue weighted by Crippen LogP contribution is -2.35. The summed E-state index contributed by atoms with van der Waals surface area (Å²) in [6.45, 7) is 3.87. The molecular weight excluding hydrogens is 372 g/mol. The highest BCUT2D eigenvalue weighted by Gasteiger charge is 2.14. The third-order valence-corrected chi connectivity index (χ3v) is 4.28. The molecule has 0 fully saturated rings. The Kier molecular flexibility index (Phi) is 8.21. The summed E-state index contributed by atoms with van der Waals surface area (Å²) in [7, 11) is 1.60. The molecule has 7 heteroatoms. The Hall–Kier alpha value is -3.35. The maximum atomic E-state index is 12.1.